The van der Waals surface area contributed by atoms with Crippen LogP contribution in [0.3, 0.4) is 0 Å². The molecule has 1 aromatic heterocycles. The summed E-state index contributed by atoms with van der Waals surface area (Å²) in [6.45, 7) is -1.55. The van der Waals surface area contributed by atoms with Crippen LogP contribution in [-0.2, 0) is 13.8 Å². The van der Waals surface area contributed by atoms with Gasteiger partial charge in [-0.15, -0.1) is 0 Å². The van der Waals surface area contributed by atoms with Gasteiger partial charge in [0.25, 0.3) is 11.4 Å². The smallest absolute Gasteiger partial charge is 0.385 e. The molecule has 1 fully saturated rings. The highest BCUT2D eigenvalue weighted by atomic mass is 32.1. The molecule has 4 atom stereocenters. The standard InChI is InChI=1S/C9H11F2N2O8PS/c10-3-1-13(8(23)12-6(3)16)7-4(14)5(15)9(11,21-7)2-20-22(17,18)19/h1,4-5,7,14-15H,2H2,(H,12,16,23)(H2,17,18,19)/t4-,5+,7-,9-/m1/s1/i7D. The SMILES string of the molecule is [2H][C@@]1(n2cc(F)c(=O)[nH]c2=S)O[C@](F)(COP(=O)(O)O)[C@@H](O)[C@H]1O. The van der Waals surface area contributed by atoms with Gasteiger partial charge in [0, 0.05) is 0 Å². The zero-order valence-electron chi connectivity index (χ0n) is 11.9. The van der Waals surface area contributed by atoms with Crippen LogP contribution >= 0.6 is 20.0 Å². The third kappa shape index (κ3) is 3.72. The van der Waals surface area contributed by atoms with Crippen molar-refractivity contribution in [2.24, 2.45) is 0 Å². The highest BCUT2D eigenvalue weighted by Gasteiger charge is 2.57. The first-order chi connectivity index (χ1) is 10.8. The quantitative estimate of drug-likeness (QED) is 0.331. The summed E-state index contributed by atoms with van der Waals surface area (Å²) in [5, 5.41) is 19.6. The fourth-order valence-electron chi connectivity index (χ4n) is 1.76. The lowest BCUT2D eigenvalue weighted by Gasteiger charge is -2.22. The van der Waals surface area contributed by atoms with Crippen LogP contribution in [0.1, 0.15) is 7.57 Å². The number of ether oxygens (including phenoxy) is 1. The van der Waals surface area contributed by atoms with Gasteiger partial charge >= 0.3 is 7.82 Å². The monoisotopic (exact) mass is 377 g/mol. The number of aromatic nitrogens is 2. The molecule has 0 amide bonds. The zero-order valence-corrected chi connectivity index (χ0v) is 12.6. The Kier molecular flexibility index (Phi) is 4.46. The fraction of sp³-hybridized carbons (Fsp3) is 0.556. The van der Waals surface area contributed by atoms with Crippen molar-refractivity contribution in [3.8, 4) is 0 Å². The second kappa shape index (κ2) is 6.11. The number of H-pyrrole nitrogens is 1. The number of phosphoric ester groups is 1. The summed E-state index contributed by atoms with van der Waals surface area (Å²) < 4.78 is 54.6. The van der Waals surface area contributed by atoms with Crippen molar-refractivity contribution >= 4 is 20.0 Å². The van der Waals surface area contributed by atoms with Crippen molar-refractivity contribution in [2.45, 2.75) is 24.3 Å². The van der Waals surface area contributed by atoms with Gasteiger partial charge in [0.1, 0.15) is 18.8 Å². The molecule has 130 valence electrons. The number of nitrogens with one attached hydrogen (secondary N) is 1. The lowest BCUT2D eigenvalue weighted by molar-refractivity contribution is -0.204. The number of nitrogens with zero attached hydrogens (tertiary/aromatic N) is 1. The minimum atomic E-state index is -5.15. The summed E-state index contributed by atoms with van der Waals surface area (Å²) >= 11 is 4.67. The van der Waals surface area contributed by atoms with Gasteiger partial charge in [-0.3, -0.25) is 18.9 Å². The predicted molar refractivity (Wildman–Crippen MR) is 69.8 cm³/mol. The minimum absolute atomic E-state index is 0.325. The lowest BCUT2D eigenvalue weighted by Crippen LogP contribution is -2.42. The summed E-state index contributed by atoms with van der Waals surface area (Å²) in [6, 6.07) is 0. The van der Waals surface area contributed by atoms with Crippen LogP contribution in [0, 0.1) is 10.6 Å². The maximum atomic E-state index is 14.5. The molecule has 0 unspecified atom stereocenters. The second-order valence-corrected chi connectivity index (χ2v) is 6.11. The number of halogens is 2. The molecule has 1 aromatic rings. The molecule has 1 saturated heterocycles. The van der Waals surface area contributed by atoms with Crippen LogP contribution in [0.25, 0.3) is 0 Å². The van der Waals surface area contributed by atoms with E-state index < -0.39 is 54.8 Å². The molecule has 0 aliphatic carbocycles. The van der Waals surface area contributed by atoms with Crippen LogP contribution in [-0.4, -0.2) is 54.2 Å². The maximum absolute atomic E-state index is 14.5. The van der Waals surface area contributed by atoms with Crippen molar-refractivity contribution in [1.82, 2.24) is 9.55 Å². The van der Waals surface area contributed by atoms with E-state index in [0.29, 0.717) is 10.8 Å². The number of hydrogen-bond acceptors (Lipinski definition) is 7. The van der Waals surface area contributed by atoms with Gasteiger partial charge in [0.15, 0.2) is 11.0 Å². The molecule has 23 heavy (non-hydrogen) atoms. The second-order valence-electron chi connectivity index (χ2n) is 4.49. The Morgan fingerprint density at radius 1 is 1.61 bits per heavy atom. The Hall–Kier alpha value is -1.05. The Bertz CT molecular complexity index is 815. The molecular weight excluding hydrogens is 365 g/mol. The first-order valence-electron chi connectivity index (χ1n) is 6.27. The van der Waals surface area contributed by atoms with Crippen LogP contribution in [0.15, 0.2) is 11.0 Å². The third-order valence-corrected chi connectivity index (χ3v) is 3.60. The van der Waals surface area contributed by atoms with E-state index in [2.05, 4.69) is 21.5 Å². The van der Waals surface area contributed by atoms with E-state index in [0.717, 1.165) is 0 Å². The van der Waals surface area contributed by atoms with E-state index in [1.807, 2.05) is 0 Å². The number of aromatic amines is 1. The summed E-state index contributed by atoms with van der Waals surface area (Å²) in [6.07, 6.45) is -7.48. The van der Waals surface area contributed by atoms with Gasteiger partial charge in [-0.05, 0) is 12.2 Å². The van der Waals surface area contributed by atoms with E-state index >= 15 is 0 Å². The van der Waals surface area contributed by atoms with E-state index in [9.17, 15) is 28.4 Å². The Labute approximate surface area is 132 Å². The molecule has 0 aromatic carbocycles. The van der Waals surface area contributed by atoms with Crippen molar-refractivity contribution < 1.29 is 44.0 Å². The number of hydrogen-bond donors (Lipinski definition) is 5. The van der Waals surface area contributed by atoms with Crippen LogP contribution < -0.4 is 5.56 Å². The summed E-state index contributed by atoms with van der Waals surface area (Å²) in [5.41, 5.74) is -1.25. The van der Waals surface area contributed by atoms with Gasteiger partial charge < -0.3 is 24.7 Å². The van der Waals surface area contributed by atoms with Gasteiger partial charge in [-0.1, -0.05) is 0 Å². The molecule has 0 spiro atoms. The Morgan fingerprint density at radius 2 is 2.22 bits per heavy atom. The number of phosphoric acid groups is 1. The highest BCUT2D eigenvalue weighted by molar-refractivity contribution is 7.71. The van der Waals surface area contributed by atoms with Crippen molar-refractivity contribution in [3.05, 3.63) is 27.1 Å². The molecule has 2 rings (SSSR count). The fourth-order valence-corrected chi connectivity index (χ4v) is 2.33. The molecule has 1 aliphatic heterocycles. The Balaban J connectivity index is 2.45. The molecule has 0 radical (unpaired) electrons. The van der Waals surface area contributed by atoms with E-state index in [1.54, 1.807) is 4.98 Å². The molecule has 5 N–H and O–H groups in total. The lowest BCUT2D eigenvalue weighted by atomic mass is 10.1. The van der Waals surface area contributed by atoms with Crippen LogP contribution in [0.5, 0.6) is 0 Å². The molecule has 0 saturated carbocycles. The third-order valence-electron chi connectivity index (χ3n) is 2.83. The summed E-state index contributed by atoms with van der Waals surface area (Å²) in [7, 11) is -5.15. The minimum Gasteiger partial charge on any atom is -0.385 e. The summed E-state index contributed by atoms with van der Waals surface area (Å²) in [5.74, 6) is -4.87. The van der Waals surface area contributed by atoms with E-state index in [-0.39, 0.29) is 0 Å². The molecule has 14 heteroatoms. The number of aliphatic hydroxyl groups is 2. The van der Waals surface area contributed by atoms with E-state index in [4.69, 9.17) is 11.2 Å². The highest BCUT2D eigenvalue weighted by Crippen LogP contribution is 2.43. The number of rotatable bonds is 4. The number of alkyl halides is 1. The van der Waals surface area contributed by atoms with Crippen LogP contribution in [0.2, 0.25) is 0 Å². The molecule has 0 bridgehead atoms. The van der Waals surface area contributed by atoms with Crippen LogP contribution in [0.4, 0.5) is 8.78 Å². The summed E-state index contributed by atoms with van der Waals surface area (Å²) in [4.78, 5) is 30.0. The average molecular weight is 377 g/mol. The molecular formula is C9H11F2N2O8PS. The molecule has 2 heterocycles. The average Bonchev–Trinajstić information content (AvgIpc) is 2.62. The topological polar surface area (TPSA) is 154 Å². The van der Waals surface area contributed by atoms with Gasteiger partial charge in [-0.25, -0.2) is 8.96 Å². The number of aliphatic hydroxyl groups excluding tert-OH is 2. The predicted octanol–water partition coefficient (Wildman–Crippen LogP) is -0.929. The Morgan fingerprint density at radius 3 is 2.78 bits per heavy atom. The largest absolute Gasteiger partial charge is 0.469 e. The van der Waals surface area contributed by atoms with E-state index in [1.165, 1.54) is 0 Å². The molecule has 10 nitrogen and oxygen atoms in total. The van der Waals surface area contributed by atoms with Crippen molar-refractivity contribution in [2.75, 3.05) is 6.61 Å². The van der Waals surface area contributed by atoms with Gasteiger partial charge in [0.2, 0.25) is 5.82 Å². The molecule has 1 aliphatic rings. The maximum Gasteiger partial charge on any atom is 0.469 e. The van der Waals surface area contributed by atoms with Gasteiger partial charge in [-0.2, -0.15) is 4.39 Å². The van der Waals surface area contributed by atoms with Gasteiger partial charge in [0.05, 0.1) is 7.57 Å². The zero-order chi connectivity index (χ0) is 18.5. The first kappa shape index (κ1) is 16.8. The van der Waals surface area contributed by atoms with Crippen molar-refractivity contribution in [1.29, 1.82) is 0 Å². The van der Waals surface area contributed by atoms with Crippen molar-refractivity contribution in [3.63, 3.8) is 0 Å². The first-order valence-corrected chi connectivity index (χ1v) is 7.71. The normalized spacial score (nSPS) is 35.3.